The van der Waals surface area contributed by atoms with Gasteiger partial charge in [0.05, 0.1) is 0 Å². The van der Waals surface area contributed by atoms with Crippen molar-refractivity contribution < 1.29 is 0 Å². The second-order valence-corrected chi connectivity index (χ2v) is 4.68. The Morgan fingerprint density at radius 2 is 2.18 bits per heavy atom. The van der Waals surface area contributed by atoms with Crippen molar-refractivity contribution in [3.8, 4) is 0 Å². The molecule has 66 valence electrons. The second kappa shape index (κ2) is 3.14. The lowest BCUT2D eigenvalue weighted by atomic mass is 9.77. The molecule has 1 rings (SSSR count). The standard InChI is InChI=1S/C10H21N/c1-8(2)7-10(4)5-6-11-9(10)3/h8-9,11H,5-7H2,1-4H3. The highest BCUT2D eigenvalue weighted by molar-refractivity contribution is 4.91. The summed E-state index contributed by atoms with van der Waals surface area (Å²) in [4.78, 5) is 0. The van der Waals surface area contributed by atoms with Crippen LogP contribution in [0.3, 0.4) is 0 Å². The van der Waals surface area contributed by atoms with Gasteiger partial charge in [-0.15, -0.1) is 0 Å². The van der Waals surface area contributed by atoms with Gasteiger partial charge in [0.15, 0.2) is 0 Å². The molecule has 1 heteroatoms. The van der Waals surface area contributed by atoms with Gasteiger partial charge in [-0.05, 0) is 37.6 Å². The average molecular weight is 155 g/mol. The van der Waals surface area contributed by atoms with E-state index in [1.807, 2.05) is 0 Å². The average Bonchev–Trinajstić information content (AvgIpc) is 2.11. The molecular weight excluding hydrogens is 134 g/mol. The van der Waals surface area contributed by atoms with Crippen molar-refractivity contribution >= 4 is 0 Å². The van der Waals surface area contributed by atoms with Crippen molar-refractivity contribution in [3.63, 3.8) is 0 Å². The van der Waals surface area contributed by atoms with E-state index in [1.165, 1.54) is 19.4 Å². The molecular formula is C10H21N. The molecule has 1 saturated heterocycles. The van der Waals surface area contributed by atoms with Crippen LogP contribution in [0.2, 0.25) is 0 Å². The van der Waals surface area contributed by atoms with E-state index in [2.05, 4.69) is 33.0 Å². The van der Waals surface area contributed by atoms with Crippen LogP contribution in [-0.2, 0) is 0 Å². The molecule has 0 spiro atoms. The van der Waals surface area contributed by atoms with E-state index in [4.69, 9.17) is 0 Å². The molecule has 1 heterocycles. The first kappa shape index (κ1) is 9.05. The zero-order valence-electron chi connectivity index (χ0n) is 8.28. The van der Waals surface area contributed by atoms with Crippen LogP contribution in [0.15, 0.2) is 0 Å². The molecule has 1 aliphatic heterocycles. The van der Waals surface area contributed by atoms with Crippen molar-refractivity contribution in [1.29, 1.82) is 0 Å². The maximum Gasteiger partial charge on any atom is 0.00931 e. The highest BCUT2D eigenvalue weighted by atomic mass is 15.0. The molecule has 0 saturated carbocycles. The van der Waals surface area contributed by atoms with Crippen molar-refractivity contribution in [1.82, 2.24) is 5.32 Å². The SMILES string of the molecule is CC(C)CC1(C)CCNC1C. The third-order valence-electron chi connectivity index (χ3n) is 3.07. The predicted molar refractivity (Wildman–Crippen MR) is 49.6 cm³/mol. The first-order chi connectivity index (χ1) is 5.04. The summed E-state index contributed by atoms with van der Waals surface area (Å²) in [5.41, 5.74) is 0.564. The van der Waals surface area contributed by atoms with Gasteiger partial charge in [-0.2, -0.15) is 0 Å². The molecule has 1 aliphatic rings. The smallest absolute Gasteiger partial charge is 0.00931 e. The summed E-state index contributed by atoms with van der Waals surface area (Å²) < 4.78 is 0. The van der Waals surface area contributed by atoms with Crippen LogP contribution in [0.1, 0.15) is 40.5 Å². The van der Waals surface area contributed by atoms with Crippen LogP contribution < -0.4 is 5.32 Å². The van der Waals surface area contributed by atoms with E-state index in [-0.39, 0.29) is 0 Å². The van der Waals surface area contributed by atoms with E-state index >= 15 is 0 Å². The summed E-state index contributed by atoms with van der Waals surface area (Å²) in [5.74, 6) is 0.836. The van der Waals surface area contributed by atoms with Gasteiger partial charge in [-0.1, -0.05) is 20.8 Å². The van der Waals surface area contributed by atoms with Gasteiger partial charge in [0, 0.05) is 6.04 Å². The lowest BCUT2D eigenvalue weighted by Crippen LogP contribution is -2.32. The Morgan fingerprint density at radius 1 is 1.55 bits per heavy atom. The van der Waals surface area contributed by atoms with Crippen molar-refractivity contribution in [3.05, 3.63) is 0 Å². The number of hydrogen-bond acceptors (Lipinski definition) is 1. The highest BCUT2D eigenvalue weighted by Gasteiger charge is 2.35. The minimum atomic E-state index is 0.564. The lowest BCUT2D eigenvalue weighted by Gasteiger charge is -2.30. The van der Waals surface area contributed by atoms with Crippen LogP contribution in [0.5, 0.6) is 0 Å². The van der Waals surface area contributed by atoms with Gasteiger partial charge in [0.1, 0.15) is 0 Å². The predicted octanol–water partition coefficient (Wildman–Crippen LogP) is 2.42. The van der Waals surface area contributed by atoms with Gasteiger partial charge in [-0.25, -0.2) is 0 Å². The number of hydrogen-bond donors (Lipinski definition) is 1. The lowest BCUT2D eigenvalue weighted by molar-refractivity contribution is 0.235. The van der Waals surface area contributed by atoms with Gasteiger partial charge in [0.2, 0.25) is 0 Å². The fraction of sp³-hybridized carbons (Fsp3) is 1.00. The summed E-state index contributed by atoms with van der Waals surface area (Å²) >= 11 is 0. The van der Waals surface area contributed by atoms with Crippen LogP contribution >= 0.6 is 0 Å². The first-order valence-corrected chi connectivity index (χ1v) is 4.78. The topological polar surface area (TPSA) is 12.0 Å². The summed E-state index contributed by atoms with van der Waals surface area (Å²) in [6, 6.07) is 0.713. The molecule has 0 aromatic heterocycles. The van der Waals surface area contributed by atoms with Crippen molar-refractivity contribution in [2.45, 2.75) is 46.6 Å². The van der Waals surface area contributed by atoms with Gasteiger partial charge >= 0.3 is 0 Å². The molecule has 1 fully saturated rings. The van der Waals surface area contributed by atoms with Gasteiger partial charge in [0.25, 0.3) is 0 Å². The maximum absolute atomic E-state index is 3.52. The van der Waals surface area contributed by atoms with E-state index in [0.717, 1.165) is 5.92 Å². The Kier molecular flexibility index (Phi) is 2.58. The van der Waals surface area contributed by atoms with E-state index in [1.54, 1.807) is 0 Å². The normalized spacial score (nSPS) is 38.5. The highest BCUT2D eigenvalue weighted by Crippen LogP contribution is 2.36. The van der Waals surface area contributed by atoms with Crippen LogP contribution in [0.25, 0.3) is 0 Å². The zero-order chi connectivity index (χ0) is 8.48. The number of nitrogens with one attached hydrogen (secondary N) is 1. The van der Waals surface area contributed by atoms with Crippen molar-refractivity contribution in [2.24, 2.45) is 11.3 Å². The van der Waals surface area contributed by atoms with Crippen molar-refractivity contribution in [2.75, 3.05) is 6.54 Å². The molecule has 0 aromatic carbocycles. The van der Waals surface area contributed by atoms with E-state index < -0.39 is 0 Å². The molecule has 0 amide bonds. The molecule has 0 aromatic rings. The second-order valence-electron chi connectivity index (χ2n) is 4.68. The maximum atomic E-state index is 3.52. The minimum Gasteiger partial charge on any atom is -0.314 e. The largest absolute Gasteiger partial charge is 0.314 e. The Bertz CT molecular complexity index is 131. The summed E-state index contributed by atoms with van der Waals surface area (Å²) in [5, 5.41) is 3.52. The molecule has 1 nitrogen and oxygen atoms in total. The molecule has 0 bridgehead atoms. The Labute approximate surface area is 70.6 Å². The molecule has 0 aliphatic carbocycles. The summed E-state index contributed by atoms with van der Waals surface area (Å²) in [7, 11) is 0. The molecule has 11 heavy (non-hydrogen) atoms. The molecule has 0 radical (unpaired) electrons. The third-order valence-corrected chi connectivity index (χ3v) is 3.07. The van der Waals surface area contributed by atoms with Crippen LogP contribution in [0, 0.1) is 11.3 Å². The monoisotopic (exact) mass is 155 g/mol. The minimum absolute atomic E-state index is 0.564. The van der Waals surface area contributed by atoms with Crippen LogP contribution in [0.4, 0.5) is 0 Å². The quantitative estimate of drug-likeness (QED) is 0.645. The molecule has 2 unspecified atom stereocenters. The van der Waals surface area contributed by atoms with E-state index in [0.29, 0.717) is 11.5 Å². The Hall–Kier alpha value is -0.0400. The summed E-state index contributed by atoms with van der Waals surface area (Å²) in [6.07, 6.45) is 2.72. The molecule has 2 atom stereocenters. The van der Waals surface area contributed by atoms with Gasteiger partial charge < -0.3 is 5.32 Å². The Morgan fingerprint density at radius 3 is 2.55 bits per heavy atom. The van der Waals surface area contributed by atoms with E-state index in [9.17, 15) is 0 Å². The first-order valence-electron chi connectivity index (χ1n) is 4.78. The van der Waals surface area contributed by atoms with Crippen LogP contribution in [-0.4, -0.2) is 12.6 Å². The zero-order valence-corrected chi connectivity index (χ0v) is 8.28. The fourth-order valence-electron chi connectivity index (χ4n) is 2.25. The number of rotatable bonds is 2. The third kappa shape index (κ3) is 1.96. The summed E-state index contributed by atoms with van der Waals surface area (Å²) in [6.45, 7) is 10.6. The molecule has 1 N–H and O–H groups in total. The fourth-order valence-corrected chi connectivity index (χ4v) is 2.25. The Balaban J connectivity index is 2.51. The van der Waals surface area contributed by atoms with Gasteiger partial charge in [-0.3, -0.25) is 0 Å².